The second-order valence-corrected chi connectivity index (χ2v) is 7.50. The summed E-state index contributed by atoms with van der Waals surface area (Å²) in [5, 5.41) is 16.2. The Balaban J connectivity index is 1.31. The fourth-order valence-corrected chi connectivity index (χ4v) is 4.44. The molecule has 2 fully saturated rings. The Morgan fingerprint density at radius 2 is 2.25 bits per heavy atom. The van der Waals surface area contributed by atoms with Crippen LogP contribution < -0.4 is 5.32 Å². The number of rotatable bonds is 3. The molecule has 0 aromatic carbocycles. The Hall–Kier alpha value is -1.83. The molecule has 2 aliphatic carbocycles. The second kappa shape index (κ2) is 4.84. The molecule has 0 bridgehead atoms. The highest BCUT2D eigenvalue weighted by Crippen LogP contribution is 2.69. The Kier molecular flexibility index (Phi) is 2.93. The quantitative estimate of drug-likeness (QED) is 0.933. The summed E-state index contributed by atoms with van der Waals surface area (Å²) in [5.74, 6) is -2.16. The molecule has 128 valence electrons. The van der Waals surface area contributed by atoms with E-state index in [1.807, 2.05) is 17.1 Å². The Morgan fingerprint density at radius 1 is 1.38 bits per heavy atom. The van der Waals surface area contributed by atoms with Crippen molar-refractivity contribution >= 4 is 0 Å². The second-order valence-electron chi connectivity index (χ2n) is 7.50. The van der Waals surface area contributed by atoms with Gasteiger partial charge < -0.3 is 5.32 Å². The SMILES string of the molecule is FC1(F)CC12CCC(Cn1cc(-c3cnn4c3CNCC4)nn1)C2. The summed E-state index contributed by atoms with van der Waals surface area (Å²) >= 11 is 0. The molecule has 2 unspecified atom stereocenters. The van der Waals surface area contributed by atoms with Crippen LogP contribution in [-0.4, -0.2) is 37.2 Å². The first-order valence-electron chi connectivity index (χ1n) is 8.60. The van der Waals surface area contributed by atoms with E-state index in [4.69, 9.17) is 0 Å². The summed E-state index contributed by atoms with van der Waals surface area (Å²) in [6.45, 7) is 3.24. The van der Waals surface area contributed by atoms with Crippen LogP contribution in [0.1, 0.15) is 31.4 Å². The summed E-state index contributed by atoms with van der Waals surface area (Å²) in [5.41, 5.74) is 2.25. The molecule has 0 saturated heterocycles. The molecule has 6 nitrogen and oxygen atoms in total. The minimum atomic E-state index is -2.43. The van der Waals surface area contributed by atoms with E-state index in [0.29, 0.717) is 19.4 Å². The summed E-state index contributed by atoms with van der Waals surface area (Å²) in [6, 6.07) is 0. The zero-order valence-electron chi connectivity index (χ0n) is 13.4. The summed E-state index contributed by atoms with van der Waals surface area (Å²) in [7, 11) is 0. The maximum Gasteiger partial charge on any atom is 0.254 e. The van der Waals surface area contributed by atoms with E-state index in [0.717, 1.165) is 43.0 Å². The summed E-state index contributed by atoms with van der Waals surface area (Å²) < 4.78 is 30.8. The van der Waals surface area contributed by atoms with Gasteiger partial charge in [-0.05, 0) is 25.2 Å². The lowest BCUT2D eigenvalue weighted by Crippen LogP contribution is -2.28. The third-order valence-corrected chi connectivity index (χ3v) is 5.92. The van der Waals surface area contributed by atoms with Crippen molar-refractivity contribution in [2.45, 2.75) is 51.2 Å². The average molecular weight is 334 g/mol. The average Bonchev–Trinajstić information content (AvgIpc) is 3.06. The van der Waals surface area contributed by atoms with E-state index >= 15 is 0 Å². The normalized spacial score (nSPS) is 30.7. The number of halogens is 2. The Morgan fingerprint density at radius 3 is 3.04 bits per heavy atom. The molecule has 24 heavy (non-hydrogen) atoms. The Labute approximate surface area is 138 Å². The first-order valence-corrected chi connectivity index (χ1v) is 8.60. The van der Waals surface area contributed by atoms with Crippen molar-refractivity contribution in [3.05, 3.63) is 18.1 Å². The van der Waals surface area contributed by atoms with Crippen molar-refractivity contribution in [1.29, 1.82) is 0 Å². The maximum atomic E-state index is 13.5. The fraction of sp³-hybridized carbons (Fsp3) is 0.688. The summed E-state index contributed by atoms with van der Waals surface area (Å²) in [4.78, 5) is 0. The predicted octanol–water partition coefficient (Wildman–Crippen LogP) is 2.07. The van der Waals surface area contributed by atoms with Gasteiger partial charge in [0.1, 0.15) is 5.69 Å². The van der Waals surface area contributed by atoms with Crippen LogP contribution in [0.15, 0.2) is 12.4 Å². The van der Waals surface area contributed by atoms with E-state index in [1.54, 1.807) is 4.68 Å². The monoisotopic (exact) mass is 334 g/mol. The van der Waals surface area contributed by atoms with Crippen molar-refractivity contribution in [1.82, 2.24) is 30.1 Å². The molecule has 8 heteroatoms. The number of nitrogens with one attached hydrogen (secondary N) is 1. The van der Waals surface area contributed by atoms with Crippen LogP contribution in [0.3, 0.4) is 0 Å². The third kappa shape index (κ3) is 2.12. The van der Waals surface area contributed by atoms with Crippen molar-refractivity contribution in [2.75, 3.05) is 6.54 Å². The van der Waals surface area contributed by atoms with Crippen LogP contribution in [0, 0.1) is 11.3 Å². The topological polar surface area (TPSA) is 60.6 Å². The minimum absolute atomic E-state index is 0.0780. The highest BCUT2D eigenvalue weighted by Gasteiger charge is 2.72. The van der Waals surface area contributed by atoms with Crippen LogP contribution >= 0.6 is 0 Å². The molecular weight excluding hydrogens is 314 g/mol. The van der Waals surface area contributed by atoms with E-state index in [-0.39, 0.29) is 12.3 Å². The lowest BCUT2D eigenvalue weighted by Gasteiger charge is -2.15. The molecule has 2 atom stereocenters. The van der Waals surface area contributed by atoms with Crippen molar-refractivity contribution in [3.8, 4) is 11.3 Å². The first-order chi connectivity index (χ1) is 11.6. The molecule has 3 heterocycles. The van der Waals surface area contributed by atoms with Crippen LogP contribution in [0.5, 0.6) is 0 Å². The van der Waals surface area contributed by atoms with Gasteiger partial charge in [-0.15, -0.1) is 5.10 Å². The smallest absolute Gasteiger partial charge is 0.254 e. The van der Waals surface area contributed by atoms with E-state index < -0.39 is 11.3 Å². The van der Waals surface area contributed by atoms with Crippen molar-refractivity contribution in [3.63, 3.8) is 0 Å². The molecule has 2 saturated carbocycles. The van der Waals surface area contributed by atoms with E-state index in [9.17, 15) is 8.78 Å². The van der Waals surface area contributed by atoms with Crippen LogP contribution in [-0.2, 0) is 19.6 Å². The van der Waals surface area contributed by atoms with Gasteiger partial charge in [0, 0.05) is 37.0 Å². The van der Waals surface area contributed by atoms with Gasteiger partial charge in [0.25, 0.3) is 5.92 Å². The molecule has 5 rings (SSSR count). The zero-order chi connectivity index (χ0) is 16.4. The molecule has 3 aliphatic rings. The number of aromatic nitrogens is 5. The van der Waals surface area contributed by atoms with Gasteiger partial charge >= 0.3 is 0 Å². The predicted molar refractivity (Wildman–Crippen MR) is 82.3 cm³/mol. The molecule has 2 aromatic heterocycles. The van der Waals surface area contributed by atoms with Gasteiger partial charge in [-0.3, -0.25) is 9.36 Å². The summed E-state index contributed by atoms with van der Waals surface area (Å²) in [6.07, 6.45) is 5.96. The van der Waals surface area contributed by atoms with Crippen LogP contribution in [0.2, 0.25) is 0 Å². The van der Waals surface area contributed by atoms with E-state index in [1.165, 1.54) is 0 Å². The van der Waals surface area contributed by atoms with Gasteiger partial charge in [-0.1, -0.05) is 5.21 Å². The van der Waals surface area contributed by atoms with Gasteiger partial charge in [-0.2, -0.15) is 5.10 Å². The van der Waals surface area contributed by atoms with Crippen LogP contribution in [0.4, 0.5) is 8.78 Å². The third-order valence-electron chi connectivity index (χ3n) is 5.92. The zero-order valence-corrected chi connectivity index (χ0v) is 13.4. The number of hydrogen-bond acceptors (Lipinski definition) is 4. The highest BCUT2D eigenvalue weighted by atomic mass is 19.3. The minimum Gasteiger partial charge on any atom is -0.309 e. The lowest BCUT2D eigenvalue weighted by atomic mass is 10.0. The number of fused-ring (bicyclic) bond motifs is 1. The molecule has 1 aliphatic heterocycles. The van der Waals surface area contributed by atoms with Gasteiger partial charge in [0.2, 0.25) is 0 Å². The molecule has 2 aromatic rings. The van der Waals surface area contributed by atoms with Gasteiger partial charge in [0.15, 0.2) is 0 Å². The largest absolute Gasteiger partial charge is 0.309 e. The highest BCUT2D eigenvalue weighted by molar-refractivity contribution is 5.60. The molecule has 0 radical (unpaired) electrons. The van der Waals surface area contributed by atoms with Crippen molar-refractivity contribution < 1.29 is 8.78 Å². The lowest BCUT2D eigenvalue weighted by molar-refractivity contribution is 0.0641. The molecule has 1 N–H and O–H groups in total. The number of alkyl halides is 2. The Bertz CT molecular complexity index is 781. The maximum absolute atomic E-state index is 13.5. The van der Waals surface area contributed by atoms with Gasteiger partial charge in [0.05, 0.1) is 24.6 Å². The molecule has 0 amide bonds. The van der Waals surface area contributed by atoms with Crippen LogP contribution in [0.25, 0.3) is 11.3 Å². The molecule has 1 spiro atoms. The molecular formula is C16H20F2N6. The van der Waals surface area contributed by atoms with E-state index in [2.05, 4.69) is 20.7 Å². The number of nitrogens with zero attached hydrogens (tertiary/aromatic N) is 5. The standard InChI is InChI=1S/C16H20F2N6/c17-16(18)10-15(16)2-1-11(5-15)8-23-9-13(21-22-23)12-6-20-24-4-3-19-7-14(12)24/h6,9,11,19H,1-5,7-8,10H2. The number of hydrogen-bond donors (Lipinski definition) is 1. The first kappa shape index (κ1) is 14.5. The fourth-order valence-electron chi connectivity index (χ4n) is 4.44. The van der Waals surface area contributed by atoms with Gasteiger partial charge in [-0.25, -0.2) is 8.78 Å². The van der Waals surface area contributed by atoms with Crippen molar-refractivity contribution in [2.24, 2.45) is 11.3 Å².